The van der Waals surface area contributed by atoms with Crippen molar-refractivity contribution in [2.24, 2.45) is 0 Å². The first-order valence-electron chi connectivity index (χ1n) is 4.81. The van der Waals surface area contributed by atoms with Gasteiger partial charge in [0.15, 0.2) is 0 Å². The van der Waals surface area contributed by atoms with Crippen molar-refractivity contribution >= 4 is 12.1 Å². The summed E-state index contributed by atoms with van der Waals surface area (Å²) in [6, 6.07) is 0. The normalized spacial score (nSPS) is 25.0. The minimum Gasteiger partial charge on any atom is -0.480 e. The lowest BCUT2D eigenvalue weighted by Gasteiger charge is -2.29. The van der Waals surface area contributed by atoms with Crippen LogP contribution in [0.15, 0.2) is 12.7 Å². The Hall–Kier alpha value is -1.52. The minimum absolute atomic E-state index is 0.102. The zero-order chi connectivity index (χ0) is 11.5. The second-order valence-electron chi connectivity index (χ2n) is 3.70. The number of carboxylic acid groups (broad SMARTS) is 1. The number of carbonyl (C=O) groups excluding carboxylic acids is 1. The molecular weight excluding hydrogens is 198 g/mol. The number of carboxylic acids is 1. The van der Waals surface area contributed by atoms with Gasteiger partial charge in [-0.15, -0.1) is 0 Å². The van der Waals surface area contributed by atoms with E-state index in [4.69, 9.17) is 9.84 Å². The molecule has 0 aromatic carbocycles. The molecule has 1 saturated heterocycles. The number of likely N-dealkylation sites (tertiary alicyclic amines) is 1. The molecule has 1 N–H and O–H groups in total. The standard InChI is InChI=1S/C10H15NO4/c1-3-7-15-9(14)11-6-4-5-10(11,2)8(12)13/h3H,1,4-7H2,2H3,(H,12,13). The second-order valence-corrected chi connectivity index (χ2v) is 3.70. The summed E-state index contributed by atoms with van der Waals surface area (Å²) in [4.78, 5) is 23.8. The molecular formula is C10H15NO4. The summed E-state index contributed by atoms with van der Waals surface area (Å²) in [6.07, 6.45) is 2.01. The van der Waals surface area contributed by atoms with Crippen LogP contribution in [0.25, 0.3) is 0 Å². The highest BCUT2D eigenvalue weighted by molar-refractivity contribution is 5.84. The molecule has 5 nitrogen and oxygen atoms in total. The van der Waals surface area contributed by atoms with Gasteiger partial charge in [0, 0.05) is 6.54 Å². The zero-order valence-electron chi connectivity index (χ0n) is 8.73. The van der Waals surface area contributed by atoms with Gasteiger partial charge in [-0.05, 0) is 19.8 Å². The summed E-state index contributed by atoms with van der Waals surface area (Å²) in [5.41, 5.74) is -1.13. The average Bonchev–Trinajstić information content (AvgIpc) is 2.58. The molecule has 0 aliphatic carbocycles. The fourth-order valence-electron chi connectivity index (χ4n) is 1.69. The molecule has 0 radical (unpaired) electrons. The maximum absolute atomic E-state index is 11.5. The topological polar surface area (TPSA) is 66.8 Å². The van der Waals surface area contributed by atoms with Gasteiger partial charge >= 0.3 is 12.1 Å². The molecule has 5 heteroatoms. The minimum atomic E-state index is -1.13. The quantitative estimate of drug-likeness (QED) is 0.716. The van der Waals surface area contributed by atoms with E-state index >= 15 is 0 Å². The molecule has 0 saturated carbocycles. The molecule has 1 fully saturated rings. The van der Waals surface area contributed by atoms with Crippen LogP contribution in [0.4, 0.5) is 4.79 Å². The van der Waals surface area contributed by atoms with Crippen LogP contribution in [-0.4, -0.2) is 40.8 Å². The Balaban J connectivity index is 2.72. The average molecular weight is 213 g/mol. The summed E-state index contributed by atoms with van der Waals surface area (Å²) in [7, 11) is 0. The van der Waals surface area contributed by atoms with E-state index in [9.17, 15) is 9.59 Å². The van der Waals surface area contributed by atoms with Gasteiger partial charge in [-0.25, -0.2) is 9.59 Å². The fourth-order valence-corrected chi connectivity index (χ4v) is 1.69. The number of amides is 1. The summed E-state index contributed by atoms with van der Waals surface area (Å²) < 4.78 is 4.83. The van der Waals surface area contributed by atoms with Crippen LogP contribution in [0, 0.1) is 0 Å². The van der Waals surface area contributed by atoms with Gasteiger partial charge in [-0.2, -0.15) is 0 Å². The third-order valence-corrected chi connectivity index (χ3v) is 2.65. The predicted octanol–water partition coefficient (Wildman–Crippen LogP) is 1.25. The van der Waals surface area contributed by atoms with E-state index in [-0.39, 0.29) is 6.61 Å². The summed E-state index contributed by atoms with van der Waals surface area (Å²) in [5.74, 6) is -0.990. The lowest BCUT2D eigenvalue weighted by atomic mass is 10.00. The molecule has 1 atom stereocenters. The van der Waals surface area contributed by atoms with Gasteiger partial charge in [-0.3, -0.25) is 4.90 Å². The van der Waals surface area contributed by atoms with Gasteiger partial charge in [-0.1, -0.05) is 12.7 Å². The van der Waals surface area contributed by atoms with Crippen molar-refractivity contribution in [2.45, 2.75) is 25.3 Å². The first-order chi connectivity index (χ1) is 7.02. The first-order valence-corrected chi connectivity index (χ1v) is 4.81. The lowest BCUT2D eigenvalue weighted by Crippen LogP contribution is -2.50. The van der Waals surface area contributed by atoms with Crippen LogP contribution < -0.4 is 0 Å². The Morgan fingerprint density at radius 2 is 2.33 bits per heavy atom. The van der Waals surface area contributed by atoms with E-state index < -0.39 is 17.6 Å². The van der Waals surface area contributed by atoms with Gasteiger partial charge in [0.25, 0.3) is 0 Å². The van der Waals surface area contributed by atoms with Gasteiger partial charge in [0.2, 0.25) is 0 Å². The van der Waals surface area contributed by atoms with Crippen LogP contribution in [-0.2, 0) is 9.53 Å². The van der Waals surface area contributed by atoms with Crippen molar-refractivity contribution in [1.29, 1.82) is 0 Å². The molecule has 0 aromatic rings. The first kappa shape index (κ1) is 11.6. The van der Waals surface area contributed by atoms with E-state index in [0.717, 1.165) is 0 Å². The van der Waals surface area contributed by atoms with Crippen LogP contribution in [0.3, 0.4) is 0 Å². The molecule has 1 rings (SSSR count). The molecule has 0 bridgehead atoms. The summed E-state index contributed by atoms with van der Waals surface area (Å²) in [6.45, 7) is 5.49. The molecule has 1 aliphatic rings. The molecule has 1 amide bonds. The number of rotatable bonds is 3. The Morgan fingerprint density at radius 3 is 2.87 bits per heavy atom. The number of ether oxygens (including phenoxy) is 1. The van der Waals surface area contributed by atoms with Gasteiger partial charge < -0.3 is 9.84 Å². The highest BCUT2D eigenvalue weighted by Crippen LogP contribution is 2.29. The van der Waals surface area contributed by atoms with Crippen molar-refractivity contribution in [3.8, 4) is 0 Å². The Bertz CT molecular complexity index is 289. The number of carbonyl (C=O) groups is 2. The molecule has 1 aliphatic heterocycles. The molecule has 1 unspecified atom stereocenters. The Labute approximate surface area is 88.3 Å². The van der Waals surface area contributed by atoms with Crippen LogP contribution >= 0.6 is 0 Å². The molecule has 84 valence electrons. The number of hydrogen-bond donors (Lipinski definition) is 1. The van der Waals surface area contributed by atoms with Crippen molar-refractivity contribution in [2.75, 3.05) is 13.2 Å². The van der Waals surface area contributed by atoms with Gasteiger partial charge in [0.1, 0.15) is 12.1 Å². The third-order valence-electron chi connectivity index (χ3n) is 2.65. The SMILES string of the molecule is C=CCOC(=O)N1CCCC1(C)C(=O)O. The third kappa shape index (κ3) is 2.11. The molecule has 0 aromatic heterocycles. The largest absolute Gasteiger partial charge is 0.480 e. The van der Waals surface area contributed by atoms with Crippen molar-refractivity contribution in [1.82, 2.24) is 4.90 Å². The highest BCUT2D eigenvalue weighted by atomic mass is 16.6. The second kappa shape index (κ2) is 4.33. The van der Waals surface area contributed by atoms with E-state index in [2.05, 4.69) is 6.58 Å². The summed E-state index contributed by atoms with van der Waals surface area (Å²) in [5, 5.41) is 9.05. The van der Waals surface area contributed by atoms with Crippen LogP contribution in [0.2, 0.25) is 0 Å². The molecule has 1 heterocycles. The lowest BCUT2D eigenvalue weighted by molar-refractivity contribution is -0.147. The van der Waals surface area contributed by atoms with Crippen LogP contribution in [0.5, 0.6) is 0 Å². The summed E-state index contributed by atoms with van der Waals surface area (Å²) >= 11 is 0. The number of aliphatic carboxylic acids is 1. The smallest absolute Gasteiger partial charge is 0.411 e. The molecule has 0 spiro atoms. The number of nitrogens with zero attached hydrogens (tertiary/aromatic N) is 1. The monoisotopic (exact) mass is 213 g/mol. The van der Waals surface area contributed by atoms with Crippen molar-refractivity contribution < 1.29 is 19.4 Å². The van der Waals surface area contributed by atoms with E-state index in [0.29, 0.717) is 19.4 Å². The van der Waals surface area contributed by atoms with Crippen molar-refractivity contribution in [3.63, 3.8) is 0 Å². The van der Waals surface area contributed by atoms with E-state index in [1.807, 2.05) is 0 Å². The molecule has 15 heavy (non-hydrogen) atoms. The van der Waals surface area contributed by atoms with Crippen LogP contribution in [0.1, 0.15) is 19.8 Å². The van der Waals surface area contributed by atoms with E-state index in [1.54, 1.807) is 0 Å². The number of hydrogen-bond acceptors (Lipinski definition) is 3. The maximum atomic E-state index is 11.5. The maximum Gasteiger partial charge on any atom is 0.411 e. The highest BCUT2D eigenvalue weighted by Gasteiger charge is 2.46. The van der Waals surface area contributed by atoms with Gasteiger partial charge in [0.05, 0.1) is 0 Å². The van der Waals surface area contributed by atoms with E-state index in [1.165, 1.54) is 17.9 Å². The Kier molecular flexibility index (Phi) is 3.34. The Morgan fingerprint density at radius 1 is 1.67 bits per heavy atom. The fraction of sp³-hybridized carbons (Fsp3) is 0.600. The predicted molar refractivity (Wildman–Crippen MR) is 53.5 cm³/mol. The zero-order valence-corrected chi connectivity index (χ0v) is 8.73. The van der Waals surface area contributed by atoms with Crippen molar-refractivity contribution in [3.05, 3.63) is 12.7 Å².